The zero-order valence-corrected chi connectivity index (χ0v) is 28.8. The van der Waals surface area contributed by atoms with Crippen molar-refractivity contribution in [2.45, 2.75) is 201 Å². The number of rotatable bonds is 29. The molecule has 1 rings (SSSR count). The van der Waals surface area contributed by atoms with E-state index in [1.54, 1.807) is 0 Å². The molecule has 0 aromatic rings. The predicted octanol–water partition coefficient (Wildman–Crippen LogP) is 12.1. The van der Waals surface area contributed by atoms with E-state index >= 15 is 0 Å². The van der Waals surface area contributed by atoms with Crippen molar-refractivity contribution in [1.29, 1.82) is 0 Å². The number of nitrogens with zero attached hydrogens (tertiary/aromatic N) is 2. The van der Waals surface area contributed by atoms with Crippen molar-refractivity contribution >= 4 is 0 Å². The highest BCUT2D eigenvalue weighted by Crippen LogP contribution is 2.27. The number of unbranched alkanes of at least 4 members (excludes halogenated alkanes) is 15. The van der Waals surface area contributed by atoms with Crippen LogP contribution >= 0.6 is 0 Å². The third kappa shape index (κ3) is 20.7. The van der Waals surface area contributed by atoms with Crippen molar-refractivity contribution in [2.75, 3.05) is 33.2 Å². The van der Waals surface area contributed by atoms with Gasteiger partial charge in [-0.25, -0.2) is 0 Å². The van der Waals surface area contributed by atoms with Gasteiger partial charge in [-0.05, 0) is 83.5 Å². The zero-order chi connectivity index (χ0) is 29.1. The topological polar surface area (TPSA) is 6.48 Å². The maximum atomic E-state index is 2.94. The van der Waals surface area contributed by atoms with Crippen LogP contribution in [0.5, 0.6) is 0 Å². The van der Waals surface area contributed by atoms with Gasteiger partial charge in [0, 0.05) is 12.6 Å². The molecule has 0 bridgehead atoms. The normalized spacial score (nSPS) is 16.0. The number of hydrogen-bond donors (Lipinski definition) is 0. The Bertz CT molecular complexity index is 486. The molecule has 0 amide bonds. The second-order valence-corrected chi connectivity index (χ2v) is 14.0. The molecule has 1 heterocycles. The Kier molecular flexibility index (Phi) is 26.3. The first kappa shape index (κ1) is 37.9. The Balaban J connectivity index is 2.40. The minimum absolute atomic E-state index is 0.873. The van der Waals surface area contributed by atoms with E-state index in [2.05, 4.69) is 44.5 Å². The lowest BCUT2D eigenvalue weighted by molar-refractivity contribution is 0.108. The van der Waals surface area contributed by atoms with Gasteiger partial charge in [-0.2, -0.15) is 0 Å². The van der Waals surface area contributed by atoms with E-state index in [-0.39, 0.29) is 0 Å². The van der Waals surface area contributed by atoms with Gasteiger partial charge in [0.25, 0.3) is 0 Å². The number of likely N-dealkylation sites (tertiary alicyclic amines) is 1. The highest BCUT2D eigenvalue weighted by molar-refractivity contribution is 4.80. The highest BCUT2D eigenvalue weighted by Gasteiger charge is 2.25. The summed E-state index contributed by atoms with van der Waals surface area (Å²) in [7, 11) is 2.43. The Morgan fingerprint density at radius 1 is 0.550 bits per heavy atom. The average molecular weight is 563 g/mol. The summed E-state index contributed by atoms with van der Waals surface area (Å²) >= 11 is 0. The quantitative estimate of drug-likeness (QED) is 0.0836. The minimum Gasteiger partial charge on any atom is -0.306 e. The van der Waals surface area contributed by atoms with E-state index in [9.17, 15) is 0 Å². The van der Waals surface area contributed by atoms with Gasteiger partial charge >= 0.3 is 0 Å². The summed E-state index contributed by atoms with van der Waals surface area (Å²) in [4.78, 5) is 5.66. The van der Waals surface area contributed by atoms with E-state index < -0.39 is 0 Å². The number of hydrogen-bond acceptors (Lipinski definition) is 2. The Morgan fingerprint density at radius 3 is 1.43 bits per heavy atom. The molecule has 0 aliphatic carbocycles. The van der Waals surface area contributed by atoms with E-state index in [0.29, 0.717) is 0 Å². The van der Waals surface area contributed by atoms with Crippen molar-refractivity contribution in [1.82, 2.24) is 9.80 Å². The Morgan fingerprint density at radius 2 is 0.950 bits per heavy atom. The SMILES string of the molecule is CCCCCCCCC(CCCCCCC)N1CCC(CCN(C)CC(CCCCCC)CCCCCC)CC1. The van der Waals surface area contributed by atoms with Crippen LogP contribution in [-0.4, -0.2) is 49.1 Å². The minimum atomic E-state index is 0.873. The van der Waals surface area contributed by atoms with Gasteiger partial charge in [-0.15, -0.1) is 0 Å². The first-order chi connectivity index (χ1) is 19.6. The maximum Gasteiger partial charge on any atom is 0.00952 e. The van der Waals surface area contributed by atoms with Crippen molar-refractivity contribution in [3.8, 4) is 0 Å². The van der Waals surface area contributed by atoms with Crippen molar-refractivity contribution in [3.63, 3.8) is 0 Å². The molecule has 2 nitrogen and oxygen atoms in total. The summed E-state index contributed by atoms with van der Waals surface area (Å²) in [5.41, 5.74) is 0. The number of piperidine rings is 1. The molecule has 1 aliphatic heterocycles. The molecule has 1 unspecified atom stereocenters. The molecule has 1 saturated heterocycles. The van der Waals surface area contributed by atoms with Crippen molar-refractivity contribution in [2.24, 2.45) is 11.8 Å². The summed E-state index contributed by atoms with van der Waals surface area (Å²) < 4.78 is 0. The molecule has 0 aromatic heterocycles. The second kappa shape index (κ2) is 27.7. The van der Waals surface area contributed by atoms with Crippen LogP contribution < -0.4 is 0 Å². The van der Waals surface area contributed by atoms with E-state index in [0.717, 1.165) is 17.9 Å². The largest absolute Gasteiger partial charge is 0.306 e. The monoisotopic (exact) mass is 563 g/mol. The highest BCUT2D eigenvalue weighted by atomic mass is 15.2. The first-order valence-corrected chi connectivity index (χ1v) is 19.1. The van der Waals surface area contributed by atoms with Gasteiger partial charge in [0.05, 0.1) is 0 Å². The molecule has 0 aromatic carbocycles. The fourth-order valence-corrected chi connectivity index (χ4v) is 7.24. The van der Waals surface area contributed by atoms with Crippen LogP contribution in [0.15, 0.2) is 0 Å². The van der Waals surface area contributed by atoms with E-state index in [1.165, 1.54) is 193 Å². The zero-order valence-electron chi connectivity index (χ0n) is 28.8. The molecular weight excluding hydrogens is 484 g/mol. The Labute approximate surface area is 255 Å². The van der Waals surface area contributed by atoms with Crippen LogP contribution in [0.25, 0.3) is 0 Å². The smallest absolute Gasteiger partial charge is 0.00952 e. The molecule has 0 N–H and O–H groups in total. The molecule has 1 atom stereocenters. The molecule has 1 fully saturated rings. The summed E-state index contributed by atoms with van der Waals surface area (Å²) in [6.07, 6.45) is 37.4. The van der Waals surface area contributed by atoms with Crippen LogP contribution in [0.3, 0.4) is 0 Å². The van der Waals surface area contributed by atoms with Crippen LogP contribution in [0, 0.1) is 11.8 Å². The molecule has 240 valence electrons. The third-order valence-corrected chi connectivity index (χ3v) is 10.1. The molecule has 0 radical (unpaired) electrons. The fourth-order valence-electron chi connectivity index (χ4n) is 7.24. The lowest BCUT2D eigenvalue weighted by Gasteiger charge is -2.38. The van der Waals surface area contributed by atoms with Crippen molar-refractivity contribution in [3.05, 3.63) is 0 Å². The molecule has 1 aliphatic rings. The van der Waals surface area contributed by atoms with E-state index in [4.69, 9.17) is 0 Å². The standard InChI is InChI=1S/C38H78N2/c1-6-10-14-18-20-24-28-38(27-23-19-15-11-7-2)40-33-30-36(31-34-40)29-32-39(5)35-37(25-21-16-12-8-3)26-22-17-13-9-4/h36-38H,6-35H2,1-5H3. The first-order valence-electron chi connectivity index (χ1n) is 19.1. The summed E-state index contributed by atoms with van der Waals surface area (Å²) in [5, 5.41) is 0. The van der Waals surface area contributed by atoms with E-state index in [1.807, 2.05) is 0 Å². The molecular formula is C38H78N2. The lowest BCUT2D eigenvalue weighted by Crippen LogP contribution is -2.42. The van der Waals surface area contributed by atoms with Gasteiger partial charge in [0.15, 0.2) is 0 Å². The second-order valence-electron chi connectivity index (χ2n) is 14.0. The van der Waals surface area contributed by atoms with Gasteiger partial charge in [0.1, 0.15) is 0 Å². The summed E-state index contributed by atoms with van der Waals surface area (Å²) in [5.74, 6) is 1.89. The van der Waals surface area contributed by atoms with Gasteiger partial charge < -0.3 is 9.80 Å². The van der Waals surface area contributed by atoms with Gasteiger partial charge in [-0.1, -0.05) is 150 Å². The third-order valence-electron chi connectivity index (χ3n) is 10.1. The average Bonchev–Trinajstić information content (AvgIpc) is 2.97. The lowest BCUT2D eigenvalue weighted by atomic mass is 9.90. The molecule has 2 heteroatoms. The van der Waals surface area contributed by atoms with Gasteiger partial charge in [0.2, 0.25) is 0 Å². The fraction of sp³-hybridized carbons (Fsp3) is 1.00. The Hall–Kier alpha value is -0.0800. The molecule has 0 spiro atoms. The van der Waals surface area contributed by atoms with Crippen LogP contribution in [0.1, 0.15) is 195 Å². The maximum absolute atomic E-state index is 2.94. The molecule has 40 heavy (non-hydrogen) atoms. The van der Waals surface area contributed by atoms with Crippen LogP contribution in [0.4, 0.5) is 0 Å². The van der Waals surface area contributed by atoms with Crippen molar-refractivity contribution < 1.29 is 0 Å². The van der Waals surface area contributed by atoms with Crippen LogP contribution in [-0.2, 0) is 0 Å². The molecule has 0 saturated carbocycles. The predicted molar refractivity (Wildman–Crippen MR) is 183 cm³/mol. The van der Waals surface area contributed by atoms with Gasteiger partial charge in [-0.3, -0.25) is 0 Å². The summed E-state index contributed by atoms with van der Waals surface area (Å²) in [6.45, 7) is 14.8. The summed E-state index contributed by atoms with van der Waals surface area (Å²) in [6, 6.07) is 0.873. The van der Waals surface area contributed by atoms with Crippen LogP contribution in [0.2, 0.25) is 0 Å².